The van der Waals surface area contributed by atoms with Crippen molar-refractivity contribution in [3.8, 4) is 5.75 Å². The fraction of sp³-hybridized carbons (Fsp3) is 0.172. The molecule has 0 radical (unpaired) electrons. The molecule has 192 valence electrons. The van der Waals surface area contributed by atoms with Gasteiger partial charge in [-0.15, -0.1) is 0 Å². The first-order valence-corrected chi connectivity index (χ1v) is 13.3. The summed E-state index contributed by atoms with van der Waals surface area (Å²) in [5, 5.41) is 3.34. The molecule has 38 heavy (non-hydrogen) atoms. The number of fused-ring (bicyclic) bond motifs is 1. The van der Waals surface area contributed by atoms with E-state index >= 15 is 0 Å². The first-order valence-electron chi connectivity index (χ1n) is 12.1. The van der Waals surface area contributed by atoms with Crippen molar-refractivity contribution in [1.29, 1.82) is 0 Å². The summed E-state index contributed by atoms with van der Waals surface area (Å²) in [6.45, 7) is 2.83. The van der Waals surface area contributed by atoms with Crippen molar-refractivity contribution < 1.29 is 9.53 Å². The first-order chi connectivity index (χ1) is 18.4. The Bertz CT molecular complexity index is 1600. The smallest absolute Gasteiger partial charge is 0.267 e. The lowest BCUT2D eigenvalue weighted by Crippen LogP contribution is -2.27. The summed E-state index contributed by atoms with van der Waals surface area (Å²) < 4.78 is 7.18. The number of nitrogens with one attached hydrogen (secondary N) is 1. The number of nitrogens with zero attached hydrogens (tertiary/aromatic N) is 3. The zero-order valence-electron chi connectivity index (χ0n) is 21.0. The van der Waals surface area contributed by atoms with Gasteiger partial charge in [0.25, 0.3) is 11.5 Å². The Morgan fingerprint density at radius 1 is 1.03 bits per heavy atom. The van der Waals surface area contributed by atoms with Crippen molar-refractivity contribution in [2.75, 3.05) is 19.0 Å². The zero-order valence-corrected chi connectivity index (χ0v) is 22.6. The van der Waals surface area contributed by atoms with Gasteiger partial charge in [-0.25, -0.2) is 4.98 Å². The average molecular weight is 543 g/mol. The standard InChI is InChI=1S/C29H26N4O3S2/c1-19-7-6-16-32-26(19)31-25(30-15-14-20-8-4-3-5-9-20)23(27(32)34)17-24-28(35)33(29(37)38-24)18-21-10-12-22(36-2)13-11-21/h3-13,16-17,30H,14-15,18H2,1-2H3/b24-17+. The number of thioether (sulfide) groups is 1. The van der Waals surface area contributed by atoms with Gasteiger partial charge in [0.1, 0.15) is 21.5 Å². The van der Waals surface area contributed by atoms with Crippen molar-refractivity contribution in [3.63, 3.8) is 0 Å². The molecular formula is C29H26N4O3S2. The number of amides is 1. The minimum Gasteiger partial charge on any atom is -0.497 e. The van der Waals surface area contributed by atoms with E-state index in [0.29, 0.717) is 39.3 Å². The quantitative estimate of drug-likeness (QED) is 0.246. The molecule has 2 aromatic carbocycles. The molecule has 1 fully saturated rings. The van der Waals surface area contributed by atoms with E-state index in [1.165, 1.54) is 21.7 Å². The van der Waals surface area contributed by atoms with Crippen molar-refractivity contribution in [2.24, 2.45) is 0 Å². The number of pyridine rings is 1. The summed E-state index contributed by atoms with van der Waals surface area (Å²) >= 11 is 6.72. The van der Waals surface area contributed by atoms with Gasteiger partial charge in [-0.3, -0.25) is 18.9 Å². The van der Waals surface area contributed by atoms with E-state index in [9.17, 15) is 9.59 Å². The van der Waals surface area contributed by atoms with Crippen LogP contribution in [0.15, 0.2) is 82.6 Å². The molecule has 0 saturated carbocycles. The van der Waals surface area contributed by atoms with E-state index in [4.69, 9.17) is 21.9 Å². The molecule has 9 heteroatoms. The molecular weight excluding hydrogens is 516 g/mol. The molecule has 1 amide bonds. The van der Waals surface area contributed by atoms with Gasteiger partial charge >= 0.3 is 0 Å². The van der Waals surface area contributed by atoms with Crippen LogP contribution < -0.4 is 15.6 Å². The van der Waals surface area contributed by atoms with E-state index in [1.54, 1.807) is 24.3 Å². The van der Waals surface area contributed by atoms with Crippen LogP contribution in [0.5, 0.6) is 5.75 Å². The summed E-state index contributed by atoms with van der Waals surface area (Å²) in [6, 6.07) is 21.3. The minimum atomic E-state index is -0.249. The number of thiocarbonyl (C=S) groups is 1. The van der Waals surface area contributed by atoms with Crippen LogP contribution in [0.2, 0.25) is 0 Å². The van der Waals surface area contributed by atoms with E-state index in [-0.39, 0.29) is 11.5 Å². The number of hydrogen-bond donors (Lipinski definition) is 1. The van der Waals surface area contributed by atoms with Gasteiger partial charge in [0, 0.05) is 12.7 Å². The predicted octanol–water partition coefficient (Wildman–Crippen LogP) is 5.07. The maximum absolute atomic E-state index is 13.6. The highest BCUT2D eigenvalue weighted by Gasteiger charge is 2.32. The molecule has 4 aromatic rings. The molecule has 7 nitrogen and oxygen atoms in total. The number of methoxy groups -OCH3 is 1. The second-order valence-corrected chi connectivity index (χ2v) is 10.5. The molecule has 0 bridgehead atoms. The van der Waals surface area contributed by atoms with Crippen LogP contribution in [-0.2, 0) is 17.8 Å². The van der Waals surface area contributed by atoms with E-state index < -0.39 is 0 Å². The van der Waals surface area contributed by atoms with Gasteiger partial charge in [-0.2, -0.15) is 0 Å². The summed E-state index contributed by atoms with van der Waals surface area (Å²) in [4.78, 5) is 33.7. The molecule has 1 aliphatic rings. The topological polar surface area (TPSA) is 75.9 Å². The van der Waals surface area contributed by atoms with Crippen LogP contribution in [0, 0.1) is 6.92 Å². The summed E-state index contributed by atoms with van der Waals surface area (Å²) in [7, 11) is 1.61. The third-order valence-corrected chi connectivity index (χ3v) is 7.66. The summed E-state index contributed by atoms with van der Waals surface area (Å²) in [5.41, 5.74) is 3.63. The van der Waals surface area contributed by atoms with E-state index in [1.807, 2.05) is 61.5 Å². The van der Waals surface area contributed by atoms with Crippen LogP contribution >= 0.6 is 24.0 Å². The number of carbonyl (C=O) groups is 1. The van der Waals surface area contributed by atoms with Crippen molar-refractivity contribution >= 4 is 51.7 Å². The highest BCUT2D eigenvalue weighted by Crippen LogP contribution is 2.34. The number of aromatic nitrogens is 2. The average Bonchev–Trinajstić information content (AvgIpc) is 3.19. The maximum Gasteiger partial charge on any atom is 0.267 e. The Labute approximate surface area is 230 Å². The van der Waals surface area contributed by atoms with Crippen LogP contribution in [-0.4, -0.2) is 38.2 Å². The summed E-state index contributed by atoms with van der Waals surface area (Å²) in [6.07, 6.45) is 4.07. The second kappa shape index (κ2) is 11.2. The maximum atomic E-state index is 13.6. The largest absolute Gasteiger partial charge is 0.497 e. The number of carbonyl (C=O) groups excluding carboxylic acids is 1. The Kier molecular flexibility index (Phi) is 7.57. The molecule has 2 aromatic heterocycles. The van der Waals surface area contributed by atoms with Gasteiger partial charge in [-0.1, -0.05) is 72.5 Å². The predicted molar refractivity (Wildman–Crippen MR) is 157 cm³/mol. The lowest BCUT2D eigenvalue weighted by molar-refractivity contribution is -0.122. The lowest BCUT2D eigenvalue weighted by Gasteiger charge is -2.15. The Balaban J connectivity index is 1.46. The van der Waals surface area contributed by atoms with Gasteiger partial charge in [0.15, 0.2) is 0 Å². The lowest BCUT2D eigenvalue weighted by atomic mass is 10.1. The van der Waals surface area contributed by atoms with Gasteiger partial charge in [0.05, 0.1) is 24.1 Å². The van der Waals surface area contributed by atoms with Crippen molar-refractivity contribution in [3.05, 3.63) is 110 Å². The highest BCUT2D eigenvalue weighted by atomic mass is 32.2. The fourth-order valence-corrected chi connectivity index (χ4v) is 5.46. The Hall–Kier alpha value is -3.95. The molecule has 0 spiro atoms. The second-order valence-electron chi connectivity index (χ2n) is 8.84. The molecule has 0 aliphatic carbocycles. The number of rotatable bonds is 8. The van der Waals surface area contributed by atoms with Crippen molar-refractivity contribution in [2.45, 2.75) is 19.9 Å². The monoisotopic (exact) mass is 542 g/mol. The SMILES string of the molecule is COc1ccc(CN2C(=O)/C(=C\c3c(NCCc4ccccc4)nc4c(C)cccn4c3=O)SC2=S)cc1. The number of ether oxygens (including phenoxy) is 1. The number of benzene rings is 2. The van der Waals surface area contributed by atoms with Gasteiger partial charge in [-0.05, 0) is 54.3 Å². The molecule has 0 unspecified atom stereocenters. The van der Waals surface area contributed by atoms with Gasteiger partial charge in [0.2, 0.25) is 0 Å². The summed E-state index contributed by atoms with van der Waals surface area (Å²) in [5.74, 6) is 0.950. The van der Waals surface area contributed by atoms with Gasteiger partial charge < -0.3 is 10.1 Å². The Morgan fingerprint density at radius 2 is 1.79 bits per heavy atom. The minimum absolute atomic E-state index is 0.236. The molecule has 1 saturated heterocycles. The molecule has 1 N–H and O–H groups in total. The van der Waals surface area contributed by atoms with Crippen LogP contribution in [0.1, 0.15) is 22.3 Å². The molecule has 5 rings (SSSR count). The van der Waals surface area contributed by atoms with Crippen LogP contribution in [0.25, 0.3) is 11.7 Å². The number of hydrogen-bond acceptors (Lipinski definition) is 7. The molecule has 1 aliphatic heterocycles. The van der Waals surface area contributed by atoms with Crippen LogP contribution in [0.4, 0.5) is 5.82 Å². The van der Waals surface area contributed by atoms with E-state index in [0.717, 1.165) is 23.3 Å². The molecule has 0 atom stereocenters. The fourth-order valence-electron chi connectivity index (χ4n) is 4.23. The zero-order chi connectivity index (χ0) is 26.6. The number of aryl methyl sites for hydroxylation is 1. The first kappa shape index (κ1) is 25.7. The van der Waals surface area contributed by atoms with E-state index in [2.05, 4.69) is 17.4 Å². The molecule has 3 heterocycles. The van der Waals surface area contributed by atoms with Crippen LogP contribution in [0.3, 0.4) is 0 Å². The third kappa shape index (κ3) is 5.34. The number of anilines is 1. The third-order valence-electron chi connectivity index (χ3n) is 6.28. The Morgan fingerprint density at radius 3 is 2.53 bits per heavy atom. The normalized spacial score (nSPS) is 14.5. The van der Waals surface area contributed by atoms with Crippen molar-refractivity contribution in [1.82, 2.24) is 14.3 Å². The highest BCUT2D eigenvalue weighted by molar-refractivity contribution is 8.26.